The summed E-state index contributed by atoms with van der Waals surface area (Å²) in [5.74, 6) is 0.0124. The number of hydrogen-bond donors (Lipinski definition) is 1. The molecule has 186 valence electrons. The number of hydrogen-bond acceptors (Lipinski definition) is 4. The fourth-order valence-corrected chi connectivity index (χ4v) is 3.61. The number of ether oxygens (including phenoxy) is 2. The molecule has 1 N–H and O–H groups in total. The summed E-state index contributed by atoms with van der Waals surface area (Å²) >= 11 is 0. The van der Waals surface area contributed by atoms with Gasteiger partial charge in [-0.15, -0.1) is 0 Å². The third kappa shape index (κ3) is 4.91. The Bertz CT molecular complexity index is 1260. The molecule has 1 aliphatic heterocycles. The molecule has 0 bridgehead atoms. The fraction of sp³-hybridized carbons (Fsp3) is 0.304. The summed E-state index contributed by atoms with van der Waals surface area (Å²) in [6, 6.07) is 8.45. The van der Waals surface area contributed by atoms with Crippen LogP contribution in [-0.4, -0.2) is 29.0 Å². The number of fused-ring (bicyclic) bond motifs is 1. The van der Waals surface area contributed by atoms with Crippen LogP contribution in [0.3, 0.4) is 0 Å². The lowest BCUT2D eigenvalue weighted by Gasteiger charge is -2.26. The molecule has 6 nitrogen and oxygen atoms in total. The third-order valence-electron chi connectivity index (χ3n) is 5.55. The number of amides is 1. The van der Waals surface area contributed by atoms with Crippen LogP contribution < -0.4 is 14.8 Å². The Labute approximate surface area is 195 Å². The first kappa shape index (κ1) is 24.4. The van der Waals surface area contributed by atoms with Crippen LogP contribution in [0.25, 0.3) is 5.69 Å². The number of aromatic nitrogens is 2. The molecule has 0 saturated heterocycles. The predicted molar refractivity (Wildman–Crippen MR) is 111 cm³/mol. The fourth-order valence-electron chi connectivity index (χ4n) is 3.61. The minimum Gasteiger partial charge on any atom is -0.454 e. The molecule has 12 heteroatoms. The maximum atomic E-state index is 13.9. The maximum Gasteiger partial charge on any atom is 0.434 e. The van der Waals surface area contributed by atoms with Gasteiger partial charge in [-0.25, -0.2) is 4.68 Å². The Morgan fingerprint density at radius 3 is 2.37 bits per heavy atom. The van der Waals surface area contributed by atoms with Gasteiger partial charge < -0.3 is 14.8 Å². The number of alkyl halides is 6. The van der Waals surface area contributed by atoms with Gasteiger partial charge in [-0.2, -0.15) is 31.4 Å². The molecule has 2 aromatic carbocycles. The van der Waals surface area contributed by atoms with Crippen molar-refractivity contribution in [3.8, 4) is 17.2 Å². The Morgan fingerprint density at radius 1 is 0.971 bits per heavy atom. The van der Waals surface area contributed by atoms with Crippen molar-refractivity contribution in [1.29, 1.82) is 0 Å². The molecule has 4 rings (SSSR count). The van der Waals surface area contributed by atoms with Crippen molar-refractivity contribution >= 4 is 5.91 Å². The van der Waals surface area contributed by atoms with Crippen molar-refractivity contribution in [2.45, 2.75) is 31.6 Å². The highest BCUT2D eigenvalue weighted by atomic mass is 19.4. The van der Waals surface area contributed by atoms with Crippen molar-refractivity contribution in [2.24, 2.45) is 0 Å². The number of nitrogens with one attached hydrogen (secondary N) is 1. The average molecular weight is 499 g/mol. The second kappa shape index (κ2) is 8.51. The zero-order valence-electron chi connectivity index (χ0n) is 18.4. The standard InChI is InChI=1S/C23H19F6N3O3/c1-21(2,13-6-7-17-18(9-13)35-12-34-17)11-30-20(33)16-10-31-32(19(16)23(27,28)29)15-5-3-4-14(8-15)22(24,25)26/h3-10H,11-12H2,1-2H3,(H,30,33). The lowest BCUT2D eigenvalue weighted by atomic mass is 9.84. The summed E-state index contributed by atoms with van der Waals surface area (Å²) < 4.78 is 91.7. The minimum absolute atomic E-state index is 0.0441. The first-order valence-electron chi connectivity index (χ1n) is 10.3. The van der Waals surface area contributed by atoms with Crippen molar-refractivity contribution in [2.75, 3.05) is 13.3 Å². The van der Waals surface area contributed by atoms with E-state index in [0.29, 0.717) is 23.8 Å². The van der Waals surface area contributed by atoms with E-state index in [0.717, 1.165) is 23.8 Å². The topological polar surface area (TPSA) is 65.4 Å². The Morgan fingerprint density at radius 2 is 1.69 bits per heavy atom. The zero-order chi connectivity index (χ0) is 25.6. The Kier molecular flexibility index (Phi) is 5.94. The SMILES string of the molecule is CC(C)(CNC(=O)c1cnn(-c2cccc(C(F)(F)F)c2)c1C(F)(F)F)c1ccc2c(c1)OCO2. The van der Waals surface area contributed by atoms with Crippen LogP contribution in [0.4, 0.5) is 26.3 Å². The molecule has 0 fully saturated rings. The largest absolute Gasteiger partial charge is 0.454 e. The normalized spacial score (nSPS) is 13.7. The van der Waals surface area contributed by atoms with Crippen molar-refractivity contribution in [1.82, 2.24) is 15.1 Å². The molecule has 0 atom stereocenters. The molecule has 35 heavy (non-hydrogen) atoms. The van der Waals surface area contributed by atoms with Gasteiger partial charge in [0, 0.05) is 12.0 Å². The lowest BCUT2D eigenvalue weighted by Crippen LogP contribution is -2.37. The summed E-state index contributed by atoms with van der Waals surface area (Å²) in [5, 5.41) is 6.05. The number of nitrogens with zero attached hydrogens (tertiary/aromatic N) is 2. The lowest BCUT2D eigenvalue weighted by molar-refractivity contribution is -0.143. The molecule has 0 saturated carbocycles. The highest BCUT2D eigenvalue weighted by Crippen LogP contribution is 2.37. The van der Waals surface area contributed by atoms with E-state index in [1.807, 2.05) is 0 Å². The molecular formula is C23H19F6N3O3. The number of carbonyl (C=O) groups is 1. The van der Waals surface area contributed by atoms with Crippen molar-refractivity contribution in [3.63, 3.8) is 0 Å². The van der Waals surface area contributed by atoms with Gasteiger partial charge in [0.15, 0.2) is 17.2 Å². The molecule has 2 heterocycles. The van der Waals surface area contributed by atoms with E-state index in [1.165, 1.54) is 0 Å². The first-order valence-corrected chi connectivity index (χ1v) is 10.3. The van der Waals surface area contributed by atoms with Crippen LogP contribution in [0.1, 0.15) is 41.0 Å². The van der Waals surface area contributed by atoms with Crippen molar-refractivity contribution < 1.29 is 40.6 Å². The van der Waals surface area contributed by atoms with Gasteiger partial charge in [0.25, 0.3) is 5.91 Å². The molecule has 0 aliphatic carbocycles. The third-order valence-corrected chi connectivity index (χ3v) is 5.55. The van der Waals surface area contributed by atoms with Crippen molar-refractivity contribution in [3.05, 3.63) is 71.0 Å². The second-order valence-corrected chi connectivity index (χ2v) is 8.50. The number of rotatable bonds is 5. The van der Waals surface area contributed by atoms with Gasteiger partial charge in [-0.1, -0.05) is 26.0 Å². The summed E-state index contributed by atoms with van der Waals surface area (Å²) in [6.07, 6.45) is -9.14. The van der Waals surface area contributed by atoms with Crippen LogP contribution in [0.15, 0.2) is 48.7 Å². The van der Waals surface area contributed by atoms with Crippen LogP contribution in [0, 0.1) is 0 Å². The Balaban J connectivity index is 1.60. The van der Waals surface area contributed by atoms with Gasteiger partial charge in [-0.05, 0) is 35.9 Å². The molecule has 0 radical (unpaired) electrons. The van der Waals surface area contributed by atoms with E-state index >= 15 is 0 Å². The highest BCUT2D eigenvalue weighted by molar-refractivity contribution is 5.95. The number of benzene rings is 2. The summed E-state index contributed by atoms with van der Waals surface area (Å²) in [6.45, 7) is 3.59. The molecule has 1 aliphatic rings. The van der Waals surface area contributed by atoms with E-state index in [2.05, 4.69) is 10.4 Å². The minimum atomic E-state index is -5.07. The molecule has 0 spiro atoms. The second-order valence-electron chi connectivity index (χ2n) is 8.50. The molecule has 1 amide bonds. The van der Waals surface area contributed by atoms with Gasteiger partial charge in [0.1, 0.15) is 0 Å². The first-order chi connectivity index (χ1) is 16.3. The van der Waals surface area contributed by atoms with Gasteiger partial charge in [0.05, 0.1) is 23.0 Å². The van der Waals surface area contributed by atoms with Crippen LogP contribution in [0.5, 0.6) is 11.5 Å². The highest BCUT2D eigenvalue weighted by Gasteiger charge is 2.41. The zero-order valence-corrected chi connectivity index (χ0v) is 18.4. The summed E-state index contributed by atoms with van der Waals surface area (Å²) in [7, 11) is 0. The molecule has 3 aromatic rings. The van der Waals surface area contributed by atoms with E-state index in [4.69, 9.17) is 9.47 Å². The summed E-state index contributed by atoms with van der Waals surface area (Å²) in [5.41, 5.74) is -3.86. The van der Waals surface area contributed by atoms with Crippen LogP contribution >= 0.6 is 0 Å². The average Bonchev–Trinajstić information content (AvgIpc) is 3.43. The number of carbonyl (C=O) groups excluding carboxylic acids is 1. The van der Waals surface area contributed by atoms with Crippen LogP contribution in [0.2, 0.25) is 0 Å². The smallest absolute Gasteiger partial charge is 0.434 e. The van der Waals surface area contributed by atoms with E-state index in [1.54, 1.807) is 32.0 Å². The Hall–Kier alpha value is -3.70. The van der Waals surface area contributed by atoms with Gasteiger partial charge in [-0.3, -0.25) is 4.79 Å². The predicted octanol–water partition coefficient (Wildman–Crippen LogP) is 5.35. The monoisotopic (exact) mass is 499 g/mol. The summed E-state index contributed by atoms with van der Waals surface area (Å²) in [4.78, 5) is 12.8. The van der Waals surface area contributed by atoms with Crippen LogP contribution in [-0.2, 0) is 17.8 Å². The van der Waals surface area contributed by atoms with E-state index < -0.39 is 46.2 Å². The molecular weight excluding hydrogens is 480 g/mol. The van der Waals surface area contributed by atoms with E-state index in [9.17, 15) is 31.1 Å². The quantitative estimate of drug-likeness (QED) is 0.481. The number of halogens is 6. The molecule has 0 unspecified atom stereocenters. The maximum absolute atomic E-state index is 13.9. The van der Waals surface area contributed by atoms with E-state index in [-0.39, 0.29) is 18.0 Å². The van der Waals surface area contributed by atoms with Gasteiger partial charge >= 0.3 is 12.4 Å². The van der Waals surface area contributed by atoms with Gasteiger partial charge in [0.2, 0.25) is 6.79 Å². The molecule has 1 aromatic heterocycles.